The average Bonchev–Trinajstić information content (AvgIpc) is 2.36. The number of nitrogens with two attached hydrogens (primary N) is 1. The summed E-state index contributed by atoms with van der Waals surface area (Å²) in [4.78, 5) is 0. The summed E-state index contributed by atoms with van der Waals surface area (Å²) < 4.78 is 5.29. The lowest BCUT2D eigenvalue weighted by molar-refractivity contribution is 0.100. The third kappa shape index (κ3) is 4.46. The maximum atomic E-state index is 5.63. The van der Waals surface area contributed by atoms with E-state index in [0.717, 1.165) is 12.8 Å². The van der Waals surface area contributed by atoms with E-state index in [2.05, 4.69) is 43.5 Å². The molecule has 1 aromatic carbocycles. The number of nitrogens with one attached hydrogen (secondary N) is 1. The largest absolute Gasteiger partial charge is 0.382 e. The number of hydrogen-bond donors (Lipinski definition) is 2. The van der Waals surface area contributed by atoms with Crippen molar-refractivity contribution >= 4 is 0 Å². The molecular formula is C14H24N2O. The van der Waals surface area contributed by atoms with Gasteiger partial charge in [0.15, 0.2) is 0 Å². The van der Waals surface area contributed by atoms with Gasteiger partial charge in [0.1, 0.15) is 0 Å². The fourth-order valence-electron chi connectivity index (χ4n) is 1.98. The van der Waals surface area contributed by atoms with Crippen molar-refractivity contribution in [2.75, 3.05) is 7.11 Å². The molecule has 0 saturated carbocycles. The number of aryl methyl sites for hydroxylation is 1. The van der Waals surface area contributed by atoms with Gasteiger partial charge in [0, 0.05) is 13.2 Å². The number of hydrazine groups is 1. The number of hydrogen-bond acceptors (Lipinski definition) is 3. The second-order valence-corrected chi connectivity index (χ2v) is 4.50. The van der Waals surface area contributed by atoms with Crippen LogP contribution < -0.4 is 11.3 Å². The van der Waals surface area contributed by atoms with Crippen molar-refractivity contribution in [1.82, 2.24) is 5.43 Å². The summed E-state index contributed by atoms with van der Waals surface area (Å²) in [6.07, 6.45) is 3.36. The second-order valence-electron chi connectivity index (χ2n) is 4.50. The highest BCUT2D eigenvalue weighted by atomic mass is 16.5. The second kappa shape index (κ2) is 7.43. The van der Waals surface area contributed by atoms with E-state index >= 15 is 0 Å². The molecule has 0 spiro atoms. The molecule has 3 N–H and O–H groups in total. The van der Waals surface area contributed by atoms with E-state index in [-0.39, 0.29) is 12.1 Å². The van der Waals surface area contributed by atoms with Crippen molar-refractivity contribution in [2.24, 2.45) is 5.84 Å². The predicted molar refractivity (Wildman–Crippen MR) is 71.6 cm³/mol. The van der Waals surface area contributed by atoms with Gasteiger partial charge in [0.05, 0.1) is 6.10 Å². The highest BCUT2D eigenvalue weighted by Gasteiger charge is 2.13. The molecule has 1 aromatic rings. The summed E-state index contributed by atoms with van der Waals surface area (Å²) in [5, 5.41) is 0. The molecule has 2 atom stereocenters. The Morgan fingerprint density at radius 1 is 1.41 bits per heavy atom. The smallest absolute Gasteiger partial charge is 0.0561 e. The molecule has 0 radical (unpaired) electrons. The third-order valence-corrected chi connectivity index (χ3v) is 3.06. The monoisotopic (exact) mass is 236 g/mol. The Kier molecular flexibility index (Phi) is 6.19. The molecule has 0 fully saturated rings. The predicted octanol–water partition coefficient (Wildman–Crippen LogP) is 2.57. The van der Waals surface area contributed by atoms with Gasteiger partial charge >= 0.3 is 0 Å². The first kappa shape index (κ1) is 14.2. The molecule has 0 bridgehead atoms. The zero-order chi connectivity index (χ0) is 12.7. The molecular weight excluding hydrogens is 212 g/mol. The van der Waals surface area contributed by atoms with Crippen LogP contribution in [0.5, 0.6) is 0 Å². The summed E-state index contributed by atoms with van der Waals surface area (Å²) in [6, 6.07) is 8.77. The lowest BCUT2D eigenvalue weighted by atomic mass is 9.98. The Morgan fingerprint density at radius 3 is 2.76 bits per heavy atom. The van der Waals surface area contributed by atoms with Crippen LogP contribution in [0.3, 0.4) is 0 Å². The summed E-state index contributed by atoms with van der Waals surface area (Å²) in [5.41, 5.74) is 5.48. The van der Waals surface area contributed by atoms with E-state index in [9.17, 15) is 0 Å². The fourth-order valence-corrected chi connectivity index (χ4v) is 1.98. The van der Waals surface area contributed by atoms with Crippen molar-refractivity contribution in [3.05, 3.63) is 35.4 Å². The average molecular weight is 236 g/mol. The summed E-state index contributed by atoms with van der Waals surface area (Å²) in [5.74, 6) is 5.63. The van der Waals surface area contributed by atoms with E-state index in [4.69, 9.17) is 10.6 Å². The van der Waals surface area contributed by atoms with Crippen molar-refractivity contribution < 1.29 is 4.74 Å². The summed E-state index contributed by atoms with van der Waals surface area (Å²) in [7, 11) is 1.73. The van der Waals surface area contributed by atoms with Crippen molar-refractivity contribution in [3.8, 4) is 0 Å². The Labute approximate surface area is 104 Å². The van der Waals surface area contributed by atoms with Gasteiger partial charge in [-0.05, 0) is 30.9 Å². The van der Waals surface area contributed by atoms with Crippen molar-refractivity contribution in [2.45, 2.75) is 45.3 Å². The van der Waals surface area contributed by atoms with Gasteiger partial charge in [-0.1, -0.05) is 37.6 Å². The Balaban J connectivity index is 2.76. The van der Waals surface area contributed by atoms with E-state index in [1.807, 2.05) is 0 Å². The Morgan fingerprint density at radius 2 is 2.18 bits per heavy atom. The van der Waals surface area contributed by atoms with E-state index in [0.29, 0.717) is 0 Å². The highest BCUT2D eigenvalue weighted by molar-refractivity contribution is 5.26. The lowest BCUT2D eigenvalue weighted by Gasteiger charge is -2.20. The lowest BCUT2D eigenvalue weighted by Crippen LogP contribution is -2.30. The number of ether oxygens (including phenoxy) is 1. The van der Waals surface area contributed by atoms with Crippen LogP contribution in [0.2, 0.25) is 0 Å². The van der Waals surface area contributed by atoms with Crippen molar-refractivity contribution in [1.29, 1.82) is 0 Å². The first-order valence-electron chi connectivity index (χ1n) is 6.29. The van der Waals surface area contributed by atoms with E-state index in [1.165, 1.54) is 17.5 Å². The van der Waals surface area contributed by atoms with E-state index in [1.54, 1.807) is 7.11 Å². The minimum absolute atomic E-state index is 0.154. The van der Waals surface area contributed by atoms with Gasteiger partial charge in [-0.2, -0.15) is 0 Å². The summed E-state index contributed by atoms with van der Waals surface area (Å²) in [6.45, 7) is 4.25. The zero-order valence-electron chi connectivity index (χ0n) is 11.1. The van der Waals surface area contributed by atoms with Crippen molar-refractivity contribution in [3.63, 3.8) is 0 Å². The fraction of sp³-hybridized carbons (Fsp3) is 0.571. The molecule has 0 aliphatic rings. The van der Waals surface area contributed by atoms with Crippen LogP contribution in [0.1, 0.15) is 43.9 Å². The van der Waals surface area contributed by atoms with Gasteiger partial charge in [0.25, 0.3) is 0 Å². The minimum atomic E-state index is 0.154. The molecule has 2 unspecified atom stereocenters. The maximum absolute atomic E-state index is 5.63. The molecule has 0 saturated heterocycles. The molecule has 0 aromatic heterocycles. The Bertz CT molecular complexity index is 328. The van der Waals surface area contributed by atoms with Crippen LogP contribution in [-0.2, 0) is 11.2 Å². The van der Waals surface area contributed by atoms with Crippen LogP contribution in [0.4, 0.5) is 0 Å². The summed E-state index contributed by atoms with van der Waals surface area (Å²) >= 11 is 0. The number of rotatable bonds is 7. The minimum Gasteiger partial charge on any atom is -0.382 e. The molecule has 96 valence electrons. The third-order valence-electron chi connectivity index (χ3n) is 3.06. The molecule has 0 amide bonds. The highest BCUT2D eigenvalue weighted by Crippen LogP contribution is 2.20. The van der Waals surface area contributed by atoms with E-state index < -0.39 is 0 Å². The molecule has 1 rings (SSSR count). The van der Waals surface area contributed by atoms with Crippen LogP contribution >= 0.6 is 0 Å². The Hall–Kier alpha value is -0.900. The van der Waals surface area contributed by atoms with Gasteiger partial charge in [-0.3, -0.25) is 11.3 Å². The molecule has 0 heterocycles. The van der Waals surface area contributed by atoms with Crippen LogP contribution in [0, 0.1) is 0 Å². The van der Waals surface area contributed by atoms with Gasteiger partial charge < -0.3 is 4.74 Å². The van der Waals surface area contributed by atoms with Crippen LogP contribution in [0.25, 0.3) is 0 Å². The molecule has 17 heavy (non-hydrogen) atoms. The first-order valence-corrected chi connectivity index (χ1v) is 6.29. The van der Waals surface area contributed by atoms with Crippen LogP contribution in [0.15, 0.2) is 24.3 Å². The molecule has 0 aliphatic carbocycles. The zero-order valence-corrected chi connectivity index (χ0v) is 11.1. The molecule has 0 aliphatic heterocycles. The van der Waals surface area contributed by atoms with Crippen LogP contribution in [-0.4, -0.2) is 13.2 Å². The SMILES string of the molecule is CCCc1cccc(C(CC(C)OC)NN)c1. The van der Waals surface area contributed by atoms with Gasteiger partial charge in [0.2, 0.25) is 0 Å². The topological polar surface area (TPSA) is 47.3 Å². The maximum Gasteiger partial charge on any atom is 0.0561 e. The van der Waals surface area contributed by atoms with Gasteiger partial charge in [-0.25, -0.2) is 0 Å². The molecule has 3 heteroatoms. The molecule has 3 nitrogen and oxygen atoms in total. The number of methoxy groups -OCH3 is 1. The van der Waals surface area contributed by atoms with Gasteiger partial charge in [-0.15, -0.1) is 0 Å². The first-order chi connectivity index (χ1) is 8.21. The quantitative estimate of drug-likeness (QED) is 0.565. The number of benzene rings is 1. The standard InChI is InChI=1S/C14H24N2O/c1-4-6-12-7-5-8-13(10-12)14(16-15)9-11(2)17-3/h5,7-8,10-11,14,16H,4,6,9,15H2,1-3H3. The normalized spacial score (nSPS) is 14.6.